The van der Waals surface area contributed by atoms with Gasteiger partial charge in [-0.15, -0.1) is 6.58 Å². The molecule has 0 bridgehead atoms. The van der Waals surface area contributed by atoms with Crippen LogP contribution in [0, 0.1) is 5.92 Å². The lowest BCUT2D eigenvalue weighted by Crippen LogP contribution is -2.13. The highest BCUT2D eigenvalue weighted by molar-refractivity contribution is 9.10. The molecule has 0 amide bonds. The van der Waals surface area contributed by atoms with Gasteiger partial charge in [-0.1, -0.05) is 28.9 Å². The summed E-state index contributed by atoms with van der Waals surface area (Å²) < 4.78 is 17.1. The van der Waals surface area contributed by atoms with Gasteiger partial charge < -0.3 is 14.2 Å². The van der Waals surface area contributed by atoms with Crippen LogP contribution >= 0.6 is 15.9 Å². The summed E-state index contributed by atoms with van der Waals surface area (Å²) in [5.74, 6) is 1.51. The minimum absolute atomic E-state index is 0.202. The first-order valence-electron chi connectivity index (χ1n) is 8.36. The summed E-state index contributed by atoms with van der Waals surface area (Å²) in [4.78, 5) is 11.9. The van der Waals surface area contributed by atoms with Crippen molar-refractivity contribution >= 4 is 28.0 Å². The summed E-state index contributed by atoms with van der Waals surface area (Å²) in [6.45, 7) is 7.70. The quantitative estimate of drug-likeness (QED) is 0.382. The second kappa shape index (κ2) is 11.0. The molecule has 1 aromatic rings. The van der Waals surface area contributed by atoms with Gasteiger partial charge in [0, 0.05) is 10.9 Å². The Morgan fingerprint density at radius 3 is 2.36 bits per heavy atom. The molecule has 5 heteroatoms. The molecular formula is C20H27BrO4. The van der Waals surface area contributed by atoms with Crippen LogP contribution in [0.2, 0.25) is 0 Å². The molecule has 0 saturated heterocycles. The highest BCUT2D eigenvalue weighted by Crippen LogP contribution is 2.34. The molecule has 138 valence electrons. The van der Waals surface area contributed by atoms with E-state index in [2.05, 4.69) is 29.4 Å². The molecule has 0 aliphatic rings. The molecule has 1 aromatic carbocycles. The Labute approximate surface area is 159 Å². The molecule has 0 spiro atoms. The third kappa shape index (κ3) is 6.94. The predicted octanol–water partition coefficient (Wildman–Crippen LogP) is 5.40. The number of allylic oxidation sites excluding steroid dienone is 1. The van der Waals surface area contributed by atoms with Crippen molar-refractivity contribution in [2.45, 2.75) is 39.2 Å². The molecule has 4 nitrogen and oxygen atoms in total. The van der Waals surface area contributed by atoms with E-state index in [9.17, 15) is 4.79 Å². The maximum absolute atomic E-state index is 11.9. The van der Waals surface area contributed by atoms with Gasteiger partial charge in [-0.2, -0.15) is 0 Å². The van der Waals surface area contributed by atoms with E-state index in [1.54, 1.807) is 14.2 Å². The minimum Gasteiger partial charge on any atom is -0.496 e. The summed E-state index contributed by atoms with van der Waals surface area (Å²) in [5.41, 5.74) is 0.800. The van der Waals surface area contributed by atoms with E-state index >= 15 is 0 Å². The van der Waals surface area contributed by atoms with Crippen LogP contribution in [-0.4, -0.2) is 26.3 Å². The summed E-state index contributed by atoms with van der Waals surface area (Å²) in [6.07, 6.45) is 7.36. The number of esters is 1. The van der Waals surface area contributed by atoms with Gasteiger partial charge in [-0.25, -0.2) is 0 Å². The smallest absolute Gasteiger partial charge is 0.306 e. The van der Waals surface area contributed by atoms with E-state index in [-0.39, 0.29) is 12.1 Å². The third-order valence-corrected chi connectivity index (χ3v) is 4.39. The van der Waals surface area contributed by atoms with E-state index in [0.717, 1.165) is 22.9 Å². The normalized spacial score (nSPS) is 13.3. The minimum atomic E-state index is -0.339. The standard InChI is InChI=1S/C20H27BrO4/c1-6-15(7-2)9-11-20(22)25-14(3)8-10-17-18(23-4)12-16(21)13-19(17)24-5/h6,8,10,12-15H,1,7,9,11H2,2-5H3/b10-8+/t14-,15?/m0/s1. The van der Waals surface area contributed by atoms with E-state index in [1.807, 2.05) is 37.3 Å². The molecule has 0 N–H and O–H groups in total. The molecule has 1 unspecified atom stereocenters. The SMILES string of the molecule is C=CC(CC)CCC(=O)O[C@@H](C)/C=C/c1c(OC)cc(Br)cc1OC. The number of ether oxygens (including phenoxy) is 3. The van der Waals surface area contributed by atoms with Crippen LogP contribution in [0.5, 0.6) is 11.5 Å². The van der Waals surface area contributed by atoms with Crippen molar-refractivity contribution in [1.29, 1.82) is 0 Å². The zero-order valence-electron chi connectivity index (χ0n) is 15.4. The van der Waals surface area contributed by atoms with E-state index in [4.69, 9.17) is 14.2 Å². The summed E-state index contributed by atoms with van der Waals surface area (Å²) >= 11 is 3.42. The van der Waals surface area contributed by atoms with Crippen LogP contribution in [0.25, 0.3) is 6.08 Å². The molecule has 0 saturated carbocycles. The Hall–Kier alpha value is -1.75. The number of benzene rings is 1. The van der Waals surface area contributed by atoms with E-state index < -0.39 is 0 Å². The van der Waals surface area contributed by atoms with Crippen LogP contribution in [-0.2, 0) is 9.53 Å². The van der Waals surface area contributed by atoms with Crippen LogP contribution in [0.4, 0.5) is 0 Å². The van der Waals surface area contributed by atoms with Crippen molar-refractivity contribution in [3.63, 3.8) is 0 Å². The fourth-order valence-electron chi connectivity index (χ4n) is 2.40. The number of carbonyl (C=O) groups is 1. The maximum Gasteiger partial charge on any atom is 0.306 e. The first-order valence-corrected chi connectivity index (χ1v) is 9.16. The molecule has 25 heavy (non-hydrogen) atoms. The van der Waals surface area contributed by atoms with E-state index in [0.29, 0.717) is 23.8 Å². The van der Waals surface area contributed by atoms with Gasteiger partial charge in [0.1, 0.15) is 17.6 Å². The van der Waals surface area contributed by atoms with Crippen molar-refractivity contribution in [1.82, 2.24) is 0 Å². The lowest BCUT2D eigenvalue weighted by atomic mass is 10.0. The van der Waals surface area contributed by atoms with Crippen molar-refractivity contribution in [3.05, 3.63) is 40.9 Å². The first kappa shape index (κ1) is 21.3. The fraction of sp³-hybridized carbons (Fsp3) is 0.450. The molecule has 0 aliphatic heterocycles. The summed E-state index contributed by atoms with van der Waals surface area (Å²) in [6, 6.07) is 3.72. The first-order chi connectivity index (χ1) is 11.9. The Bertz CT molecular complexity index is 585. The lowest BCUT2D eigenvalue weighted by molar-refractivity contribution is -0.146. The zero-order valence-corrected chi connectivity index (χ0v) is 17.0. The topological polar surface area (TPSA) is 44.8 Å². The molecule has 0 aliphatic carbocycles. The summed E-state index contributed by atoms with van der Waals surface area (Å²) in [7, 11) is 3.21. The van der Waals surface area contributed by atoms with Crippen LogP contribution in [0.3, 0.4) is 0 Å². The molecule has 1 rings (SSSR count). The third-order valence-electron chi connectivity index (χ3n) is 3.94. The Kier molecular flexibility index (Phi) is 9.35. The monoisotopic (exact) mass is 410 g/mol. The molecular weight excluding hydrogens is 384 g/mol. The molecule has 0 aromatic heterocycles. The lowest BCUT2D eigenvalue weighted by Gasteiger charge is -2.13. The largest absolute Gasteiger partial charge is 0.496 e. The molecule has 0 radical (unpaired) electrons. The predicted molar refractivity (Wildman–Crippen MR) is 105 cm³/mol. The molecule has 0 fully saturated rings. The van der Waals surface area contributed by atoms with Crippen molar-refractivity contribution < 1.29 is 19.0 Å². The van der Waals surface area contributed by atoms with Crippen molar-refractivity contribution in [2.75, 3.05) is 14.2 Å². The van der Waals surface area contributed by atoms with Crippen molar-refractivity contribution in [3.8, 4) is 11.5 Å². The zero-order chi connectivity index (χ0) is 18.8. The number of hydrogen-bond acceptors (Lipinski definition) is 4. The van der Waals surface area contributed by atoms with Gasteiger partial charge in [0.05, 0.1) is 19.8 Å². The fourth-order valence-corrected chi connectivity index (χ4v) is 2.82. The van der Waals surface area contributed by atoms with Gasteiger partial charge in [0.15, 0.2) is 0 Å². The van der Waals surface area contributed by atoms with Gasteiger partial charge in [-0.05, 0) is 50.0 Å². The number of carbonyl (C=O) groups excluding carboxylic acids is 1. The Balaban J connectivity index is 2.72. The maximum atomic E-state index is 11.9. The Morgan fingerprint density at radius 1 is 1.28 bits per heavy atom. The van der Waals surface area contributed by atoms with Gasteiger partial charge in [0.2, 0.25) is 0 Å². The van der Waals surface area contributed by atoms with Crippen LogP contribution < -0.4 is 9.47 Å². The number of halogens is 1. The average molecular weight is 411 g/mol. The second-order valence-electron chi connectivity index (χ2n) is 5.72. The highest BCUT2D eigenvalue weighted by Gasteiger charge is 2.12. The number of rotatable bonds is 10. The second-order valence-corrected chi connectivity index (χ2v) is 6.64. The van der Waals surface area contributed by atoms with Gasteiger partial charge >= 0.3 is 5.97 Å². The summed E-state index contributed by atoms with van der Waals surface area (Å²) in [5, 5.41) is 0. The van der Waals surface area contributed by atoms with Gasteiger partial charge in [0.25, 0.3) is 0 Å². The molecule has 2 atom stereocenters. The average Bonchev–Trinajstić information content (AvgIpc) is 2.60. The van der Waals surface area contributed by atoms with Gasteiger partial charge in [-0.3, -0.25) is 4.79 Å². The van der Waals surface area contributed by atoms with Crippen molar-refractivity contribution in [2.24, 2.45) is 5.92 Å². The number of methoxy groups -OCH3 is 2. The van der Waals surface area contributed by atoms with E-state index in [1.165, 1.54) is 0 Å². The molecule has 0 heterocycles. The van der Waals surface area contributed by atoms with Crippen LogP contribution in [0.1, 0.15) is 38.7 Å². The number of hydrogen-bond donors (Lipinski definition) is 0. The van der Waals surface area contributed by atoms with Crippen LogP contribution in [0.15, 0.2) is 35.3 Å². The highest BCUT2D eigenvalue weighted by atomic mass is 79.9. The Morgan fingerprint density at radius 2 is 1.88 bits per heavy atom.